The van der Waals surface area contributed by atoms with Gasteiger partial charge < -0.3 is 10.8 Å². The van der Waals surface area contributed by atoms with Crippen LogP contribution in [0.25, 0.3) is 0 Å². The molecule has 0 saturated heterocycles. The maximum atomic E-state index is 8.72. The largest absolute Gasteiger partial charge is 0.394 e. The second-order valence-electron chi connectivity index (χ2n) is 2.34. The highest BCUT2D eigenvalue weighted by Crippen LogP contribution is 2.14. The summed E-state index contributed by atoms with van der Waals surface area (Å²) in [6, 6.07) is 7.34. The molecule has 0 heterocycles. The molecule has 0 fully saturated rings. The number of hydrogen-bond donors (Lipinski definition) is 2. The minimum Gasteiger partial charge on any atom is -0.394 e. The zero-order valence-corrected chi connectivity index (χ0v) is 7.58. The Morgan fingerprint density at radius 1 is 1.36 bits per heavy atom. The summed E-state index contributed by atoms with van der Waals surface area (Å²) in [5.41, 5.74) is 6.53. The Bertz CT molecular complexity index is 222. The van der Waals surface area contributed by atoms with Crippen molar-refractivity contribution in [3.8, 4) is 0 Å². The van der Waals surface area contributed by atoms with Gasteiger partial charge in [-0.2, -0.15) is 0 Å². The normalized spacial score (nSPS) is 13.0. The molecule has 0 spiro atoms. The van der Waals surface area contributed by atoms with E-state index in [-0.39, 0.29) is 12.6 Å². The number of rotatable bonds is 2. The molecule has 2 nitrogen and oxygen atoms in total. The van der Waals surface area contributed by atoms with Crippen molar-refractivity contribution in [2.75, 3.05) is 6.61 Å². The van der Waals surface area contributed by atoms with E-state index < -0.39 is 0 Å². The average molecular weight is 216 g/mol. The zero-order valence-electron chi connectivity index (χ0n) is 6.00. The second kappa shape index (κ2) is 3.85. The Labute approximate surface area is 74.2 Å². The fraction of sp³-hybridized carbons (Fsp3) is 0.250. The highest BCUT2D eigenvalue weighted by atomic mass is 79.9. The third-order valence-electron chi connectivity index (χ3n) is 1.49. The van der Waals surface area contributed by atoms with E-state index in [4.69, 9.17) is 10.8 Å². The van der Waals surface area contributed by atoms with Crippen molar-refractivity contribution < 1.29 is 5.11 Å². The predicted octanol–water partition coefficient (Wildman–Crippen LogP) is 1.44. The van der Waals surface area contributed by atoms with Crippen LogP contribution in [0, 0.1) is 0 Å². The van der Waals surface area contributed by atoms with Crippen LogP contribution in [0.1, 0.15) is 11.6 Å². The number of halogens is 1. The Hall–Kier alpha value is -0.380. The van der Waals surface area contributed by atoms with Crippen molar-refractivity contribution >= 4 is 15.9 Å². The first kappa shape index (κ1) is 8.71. The lowest BCUT2D eigenvalue weighted by atomic mass is 10.1. The molecule has 0 aliphatic heterocycles. The number of aliphatic hydroxyl groups excluding tert-OH is 1. The quantitative estimate of drug-likeness (QED) is 0.785. The van der Waals surface area contributed by atoms with Crippen LogP contribution in [0.3, 0.4) is 0 Å². The summed E-state index contributed by atoms with van der Waals surface area (Å²) in [5.74, 6) is 0. The van der Waals surface area contributed by atoms with E-state index in [0.717, 1.165) is 10.0 Å². The monoisotopic (exact) mass is 215 g/mol. The van der Waals surface area contributed by atoms with Crippen LogP contribution in [0.2, 0.25) is 0 Å². The Balaban J connectivity index is 2.81. The lowest BCUT2D eigenvalue weighted by molar-refractivity contribution is 0.268. The average Bonchev–Trinajstić information content (AvgIpc) is 2.05. The van der Waals surface area contributed by atoms with E-state index in [9.17, 15) is 0 Å². The molecular formula is C8H10BrNO. The summed E-state index contributed by atoms with van der Waals surface area (Å²) in [4.78, 5) is 0. The summed E-state index contributed by atoms with van der Waals surface area (Å²) in [6.45, 7) is -0.0123. The van der Waals surface area contributed by atoms with Gasteiger partial charge in [0.05, 0.1) is 12.6 Å². The van der Waals surface area contributed by atoms with Gasteiger partial charge in [0.15, 0.2) is 0 Å². The lowest BCUT2D eigenvalue weighted by Gasteiger charge is -2.07. The van der Waals surface area contributed by atoms with E-state index in [2.05, 4.69) is 15.9 Å². The first-order chi connectivity index (χ1) is 5.24. The van der Waals surface area contributed by atoms with Crippen molar-refractivity contribution in [2.24, 2.45) is 5.73 Å². The molecule has 3 N–H and O–H groups in total. The molecule has 0 amide bonds. The first-order valence-corrected chi connectivity index (χ1v) is 4.15. The van der Waals surface area contributed by atoms with E-state index >= 15 is 0 Å². The predicted molar refractivity (Wildman–Crippen MR) is 48.2 cm³/mol. The van der Waals surface area contributed by atoms with Crippen molar-refractivity contribution in [3.63, 3.8) is 0 Å². The number of benzene rings is 1. The minimum absolute atomic E-state index is 0.0123. The van der Waals surface area contributed by atoms with E-state index in [1.54, 1.807) is 0 Å². The topological polar surface area (TPSA) is 46.2 Å². The highest BCUT2D eigenvalue weighted by molar-refractivity contribution is 9.10. The van der Waals surface area contributed by atoms with E-state index in [1.807, 2.05) is 24.3 Å². The molecule has 1 aromatic rings. The van der Waals surface area contributed by atoms with Gasteiger partial charge in [0.1, 0.15) is 0 Å². The summed E-state index contributed by atoms with van der Waals surface area (Å²) in [5, 5.41) is 8.72. The molecule has 3 heteroatoms. The van der Waals surface area contributed by atoms with E-state index in [0.29, 0.717) is 0 Å². The van der Waals surface area contributed by atoms with Crippen LogP contribution in [0.4, 0.5) is 0 Å². The van der Waals surface area contributed by atoms with Crippen molar-refractivity contribution in [1.82, 2.24) is 0 Å². The van der Waals surface area contributed by atoms with Gasteiger partial charge in [-0.1, -0.05) is 28.1 Å². The van der Waals surface area contributed by atoms with E-state index in [1.165, 1.54) is 0 Å². The van der Waals surface area contributed by atoms with Crippen molar-refractivity contribution in [3.05, 3.63) is 34.3 Å². The smallest absolute Gasteiger partial charge is 0.0624 e. The summed E-state index contributed by atoms with van der Waals surface area (Å²) in [6.07, 6.45) is 0. The van der Waals surface area contributed by atoms with Gasteiger partial charge >= 0.3 is 0 Å². The van der Waals surface area contributed by atoms with Crippen LogP contribution in [-0.4, -0.2) is 11.7 Å². The van der Waals surface area contributed by atoms with Gasteiger partial charge in [0.25, 0.3) is 0 Å². The summed E-state index contributed by atoms with van der Waals surface area (Å²) >= 11 is 3.31. The molecule has 1 atom stereocenters. The maximum absolute atomic E-state index is 8.72. The summed E-state index contributed by atoms with van der Waals surface area (Å²) < 4.78 is 1.02. The van der Waals surface area contributed by atoms with Gasteiger partial charge in [-0.15, -0.1) is 0 Å². The molecule has 0 aliphatic rings. The molecular weight excluding hydrogens is 206 g/mol. The van der Waals surface area contributed by atoms with Crippen molar-refractivity contribution in [1.29, 1.82) is 0 Å². The van der Waals surface area contributed by atoms with Gasteiger partial charge in [0.2, 0.25) is 0 Å². The Morgan fingerprint density at radius 3 is 2.36 bits per heavy atom. The number of nitrogens with two attached hydrogens (primary N) is 1. The van der Waals surface area contributed by atoms with Crippen LogP contribution < -0.4 is 5.73 Å². The Kier molecular flexibility index (Phi) is 3.05. The number of aliphatic hydroxyl groups is 1. The molecule has 1 aromatic carbocycles. The summed E-state index contributed by atoms with van der Waals surface area (Å²) in [7, 11) is 0. The van der Waals surface area contributed by atoms with Gasteiger partial charge in [0, 0.05) is 4.47 Å². The van der Waals surface area contributed by atoms with Gasteiger partial charge in [-0.3, -0.25) is 0 Å². The first-order valence-electron chi connectivity index (χ1n) is 3.36. The van der Waals surface area contributed by atoms with Crippen LogP contribution >= 0.6 is 15.9 Å². The number of hydrogen-bond acceptors (Lipinski definition) is 2. The second-order valence-corrected chi connectivity index (χ2v) is 3.26. The molecule has 0 bridgehead atoms. The SMILES string of the molecule is N[C@H](CO)c1ccc(Br)cc1. The minimum atomic E-state index is -0.261. The van der Waals surface area contributed by atoms with Crippen LogP contribution in [0.5, 0.6) is 0 Å². The van der Waals surface area contributed by atoms with Crippen LogP contribution in [0.15, 0.2) is 28.7 Å². The fourth-order valence-electron chi connectivity index (χ4n) is 0.815. The Morgan fingerprint density at radius 2 is 1.91 bits per heavy atom. The molecule has 0 radical (unpaired) electrons. The third-order valence-corrected chi connectivity index (χ3v) is 2.02. The fourth-order valence-corrected chi connectivity index (χ4v) is 1.08. The van der Waals surface area contributed by atoms with Gasteiger partial charge in [-0.05, 0) is 17.7 Å². The molecule has 0 unspecified atom stereocenters. The molecule has 11 heavy (non-hydrogen) atoms. The third kappa shape index (κ3) is 2.29. The molecule has 0 aromatic heterocycles. The van der Waals surface area contributed by atoms with Crippen molar-refractivity contribution in [2.45, 2.75) is 6.04 Å². The lowest BCUT2D eigenvalue weighted by Crippen LogP contribution is -2.13. The molecule has 1 rings (SSSR count). The zero-order chi connectivity index (χ0) is 8.27. The molecule has 60 valence electrons. The standard InChI is InChI=1S/C8H10BrNO/c9-7-3-1-6(2-4-7)8(10)5-11/h1-4,8,11H,5,10H2/t8-/m1/s1. The molecule has 0 saturated carbocycles. The molecule has 0 aliphatic carbocycles. The highest BCUT2D eigenvalue weighted by Gasteiger charge is 2.01. The van der Waals surface area contributed by atoms with Gasteiger partial charge in [-0.25, -0.2) is 0 Å². The maximum Gasteiger partial charge on any atom is 0.0624 e. The van der Waals surface area contributed by atoms with Crippen LogP contribution in [-0.2, 0) is 0 Å².